The van der Waals surface area contributed by atoms with Crippen LogP contribution in [0.1, 0.15) is 59.8 Å². The largest absolute Gasteiger partial charge is 0.390 e. The summed E-state index contributed by atoms with van der Waals surface area (Å²) in [6.45, 7) is 6.45. The number of likely N-dealkylation sites (tertiary alicyclic amines) is 1. The monoisotopic (exact) mass is 503 g/mol. The standard InChI is InChI=1S/C29H37N5O3/c1-20(35)33-12-7-23(8-13-33)31-24-14-26-27(30-15-24)29(9-10-29)19-34(28(26)37)18-25(36)17-32-11-6-21-4-2-3-5-22(21)16-32/h2-5,14-15,23,25,31,36H,6-13,16-19H2,1H3/t25-/m1/s1. The van der Waals surface area contributed by atoms with Crippen molar-refractivity contribution in [2.45, 2.75) is 63.1 Å². The molecule has 1 atom stereocenters. The second kappa shape index (κ2) is 9.72. The lowest BCUT2D eigenvalue weighted by molar-refractivity contribution is -0.129. The molecular formula is C29H37N5O3. The highest BCUT2D eigenvalue weighted by molar-refractivity contribution is 5.98. The molecule has 6 rings (SSSR count). The highest BCUT2D eigenvalue weighted by atomic mass is 16.3. The molecule has 2 aromatic rings. The Hall–Kier alpha value is -2.97. The van der Waals surface area contributed by atoms with E-state index in [0.29, 0.717) is 25.2 Å². The maximum Gasteiger partial charge on any atom is 0.255 e. The third kappa shape index (κ3) is 4.97. The minimum atomic E-state index is -0.590. The first-order valence-corrected chi connectivity index (χ1v) is 13.7. The predicted molar refractivity (Wildman–Crippen MR) is 141 cm³/mol. The van der Waals surface area contributed by atoms with Crippen LogP contribution < -0.4 is 5.32 Å². The number of piperidine rings is 1. The molecule has 0 unspecified atom stereocenters. The van der Waals surface area contributed by atoms with E-state index in [4.69, 9.17) is 4.98 Å². The Labute approximate surface area is 218 Å². The Morgan fingerprint density at radius 3 is 2.65 bits per heavy atom. The van der Waals surface area contributed by atoms with Crippen molar-refractivity contribution >= 4 is 17.5 Å². The van der Waals surface area contributed by atoms with Gasteiger partial charge in [0.2, 0.25) is 5.91 Å². The highest BCUT2D eigenvalue weighted by Crippen LogP contribution is 2.51. The molecule has 8 nitrogen and oxygen atoms in total. The number of nitrogens with zero attached hydrogens (tertiary/aromatic N) is 4. The number of anilines is 1. The number of benzene rings is 1. The van der Waals surface area contributed by atoms with E-state index in [9.17, 15) is 14.7 Å². The predicted octanol–water partition coefficient (Wildman–Crippen LogP) is 2.41. The van der Waals surface area contributed by atoms with E-state index in [1.165, 1.54) is 11.1 Å². The summed E-state index contributed by atoms with van der Waals surface area (Å²) in [5.41, 5.74) is 5.13. The van der Waals surface area contributed by atoms with Crippen molar-refractivity contribution < 1.29 is 14.7 Å². The number of hydrogen-bond donors (Lipinski definition) is 2. The Kier molecular flexibility index (Phi) is 6.41. The van der Waals surface area contributed by atoms with Crippen LogP contribution in [0.2, 0.25) is 0 Å². The molecule has 1 aliphatic carbocycles. The van der Waals surface area contributed by atoms with E-state index in [2.05, 4.69) is 34.5 Å². The molecule has 1 spiro atoms. The summed E-state index contributed by atoms with van der Waals surface area (Å²) in [7, 11) is 0. The third-order valence-corrected chi connectivity index (χ3v) is 8.68. The number of β-amino-alcohol motifs (C(OH)–C–C–N with tert-alkyl or cyclic N) is 1. The SMILES string of the molecule is CC(=O)N1CCC(Nc2cnc3c(c2)C(=O)N(C[C@H](O)CN2CCc4ccccc4C2)CC32CC2)CC1. The summed E-state index contributed by atoms with van der Waals surface area (Å²) in [4.78, 5) is 36.0. The lowest BCUT2D eigenvalue weighted by atomic mass is 9.90. The van der Waals surface area contributed by atoms with Gasteiger partial charge in [-0.2, -0.15) is 0 Å². The lowest BCUT2D eigenvalue weighted by Crippen LogP contribution is -2.49. The fourth-order valence-electron chi connectivity index (χ4n) is 6.40. The number of amides is 2. The first kappa shape index (κ1) is 24.4. The van der Waals surface area contributed by atoms with Gasteiger partial charge in [0, 0.05) is 64.2 Å². The Morgan fingerprint density at radius 1 is 1.16 bits per heavy atom. The molecule has 3 aliphatic heterocycles. The van der Waals surface area contributed by atoms with Gasteiger partial charge in [0.05, 0.1) is 29.2 Å². The molecule has 4 aliphatic rings. The molecule has 1 saturated heterocycles. The zero-order chi connectivity index (χ0) is 25.6. The Balaban J connectivity index is 1.11. The van der Waals surface area contributed by atoms with Crippen molar-refractivity contribution in [3.05, 3.63) is 58.9 Å². The van der Waals surface area contributed by atoms with Crippen molar-refractivity contribution in [1.29, 1.82) is 0 Å². The van der Waals surface area contributed by atoms with Crippen LogP contribution in [0.25, 0.3) is 0 Å². The minimum absolute atomic E-state index is 0.0295. The first-order chi connectivity index (χ1) is 17.9. The van der Waals surface area contributed by atoms with Crippen molar-refractivity contribution in [1.82, 2.24) is 19.7 Å². The zero-order valence-electron chi connectivity index (χ0n) is 21.7. The molecule has 1 aromatic carbocycles. The van der Waals surface area contributed by atoms with Gasteiger partial charge in [-0.1, -0.05) is 24.3 Å². The molecule has 1 aromatic heterocycles. The minimum Gasteiger partial charge on any atom is -0.390 e. The van der Waals surface area contributed by atoms with E-state index in [1.54, 1.807) is 6.92 Å². The van der Waals surface area contributed by atoms with Crippen molar-refractivity contribution in [3.8, 4) is 0 Å². The van der Waals surface area contributed by atoms with E-state index >= 15 is 0 Å². The summed E-state index contributed by atoms with van der Waals surface area (Å²) < 4.78 is 0. The van der Waals surface area contributed by atoms with Gasteiger partial charge in [0.25, 0.3) is 5.91 Å². The topological polar surface area (TPSA) is 89.0 Å². The summed E-state index contributed by atoms with van der Waals surface area (Å²) in [6.07, 6.45) is 6.10. The van der Waals surface area contributed by atoms with E-state index in [1.807, 2.05) is 22.1 Å². The number of aromatic nitrogens is 1. The number of rotatable bonds is 6. The van der Waals surface area contributed by atoms with Crippen LogP contribution in [0.15, 0.2) is 36.5 Å². The van der Waals surface area contributed by atoms with Gasteiger partial charge in [-0.25, -0.2) is 0 Å². The highest BCUT2D eigenvalue weighted by Gasteiger charge is 2.53. The molecule has 0 bridgehead atoms. The van der Waals surface area contributed by atoms with Gasteiger partial charge in [0.1, 0.15) is 0 Å². The molecule has 196 valence electrons. The van der Waals surface area contributed by atoms with Gasteiger partial charge >= 0.3 is 0 Å². The van der Waals surface area contributed by atoms with E-state index in [-0.39, 0.29) is 23.3 Å². The van der Waals surface area contributed by atoms with Crippen LogP contribution in [0.5, 0.6) is 0 Å². The first-order valence-electron chi connectivity index (χ1n) is 13.7. The lowest BCUT2D eigenvalue weighted by Gasteiger charge is -2.37. The number of aliphatic hydroxyl groups is 1. The summed E-state index contributed by atoms with van der Waals surface area (Å²) in [6, 6.07) is 10.7. The second-order valence-corrected chi connectivity index (χ2v) is 11.4. The normalized spacial score (nSPS) is 21.9. The van der Waals surface area contributed by atoms with Crippen LogP contribution in [0, 0.1) is 0 Å². The summed E-state index contributed by atoms with van der Waals surface area (Å²) >= 11 is 0. The van der Waals surface area contributed by atoms with E-state index < -0.39 is 6.10 Å². The average Bonchev–Trinajstić information content (AvgIpc) is 3.67. The third-order valence-electron chi connectivity index (χ3n) is 8.68. The van der Waals surface area contributed by atoms with Crippen molar-refractivity contribution in [3.63, 3.8) is 0 Å². The molecule has 8 heteroatoms. The number of nitrogens with one attached hydrogen (secondary N) is 1. The molecule has 4 heterocycles. The second-order valence-electron chi connectivity index (χ2n) is 11.4. The fraction of sp³-hybridized carbons (Fsp3) is 0.552. The van der Waals surface area contributed by atoms with E-state index in [0.717, 1.165) is 69.7 Å². The smallest absolute Gasteiger partial charge is 0.255 e. The van der Waals surface area contributed by atoms with Crippen LogP contribution in [0.3, 0.4) is 0 Å². The molecule has 0 radical (unpaired) electrons. The fourth-order valence-corrected chi connectivity index (χ4v) is 6.40. The molecule has 1 saturated carbocycles. The summed E-state index contributed by atoms with van der Waals surface area (Å²) in [5, 5.41) is 14.5. The van der Waals surface area contributed by atoms with Crippen LogP contribution in [-0.4, -0.2) is 88.0 Å². The number of carbonyl (C=O) groups is 2. The summed E-state index contributed by atoms with van der Waals surface area (Å²) in [5.74, 6) is 0.0970. The van der Waals surface area contributed by atoms with Crippen molar-refractivity contribution in [2.75, 3.05) is 44.6 Å². The number of hydrogen-bond acceptors (Lipinski definition) is 6. The molecule has 37 heavy (non-hydrogen) atoms. The Morgan fingerprint density at radius 2 is 1.92 bits per heavy atom. The zero-order valence-corrected chi connectivity index (χ0v) is 21.7. The van der Waals surface area contributed by atoms with Crippen LogP contribution in [-0.2, 0) is 23.2 Å². The molecule has 2 fully saturated rings. The maximum atomic E-state index is 13.6. The number of carbonyl (C=O) groups excluding carboxylic acids is 2. The molecular weight excluding hydrogens is 466 g/mol. The maximum absolute atomic E-state index is 13.6. The Bertz CT molecular complexity index is 1190. The number of aliphatic hydroxyl groups excluding tert-OH is 1. The van der Waals surface area contributed by atoms with Gasteiger partial charge in [-0.3, -0.25) is 19.5 Å². The van der Waals surface area contributed by atoms with Crippen molar-refractivity contribution in [2.24, 2.45) is 0 Å². The van der Waals surface area contributed by atoms with Crippen LogP contribution in [0.4, 0.5) is 5.69 Å². The van der Waals surface area contributed by atoms with Gasteiger partial charge in [0.15, 0.2) is 0 Å². The number of pyridine rings is 1. The number of fused-ring (bicyclic) bond motifs is 3. The van der Waals surface area contributed by atoms with Crippen LogP contribution >= 0.6 is 0 Å². The van der Waals surface area contributed by atoms with Gasteiger partial charge in [-0.05, 0) is 49.3 Å². The van der Waals surface area contributed by atoms with Gasteiger partial charge < -0.3 is 20.2 Å². The average molecular weight is 504 g/mol. The quantitative estimate of drug-likeness (QED) is 0.630. The van der Waals surface area contributed by atoms with Gasteiger partial charge in [-0.15, -0.1) is 0 Å². The molecule has 2 amide bonds. The molecule has 2 N–H and O–H groups in total.